The van der Waals surface area contributed by atoms with Gasteiger partial charge in [-0.05, 0) is 45.0 Å². The first-order valence-corrected chi connectivity index (χ1v) is 8.78. The van der Waals surface area contributed by atoms with Crippen LogP contribution >= 0.6 is 0 Å². The van der Waals surface area contributed by atoms with Crippen LogP contribution in [0.3, 0.4) is 0 Å². The molecule has 10 heteroatoms. The molecular formula is C19H23F3N4O3. The minimum absolute atomic E-state index is 0.121. The molecule has 7 nitrogen and oxygen atoms in total. The van der Waals surface area contributed by atoms with Gasteiger partial charge >= 0.3 is 12.3 Å². The average Bonchev–Trinajstić information content (AvgIpc) is 2.61. The molecule has 0 fully saturated rings. The minimum atomic E-state index is -4.40. The lowest BCUT2D eigenvalue weighted by molar-refractivity contribution is -0.137. The number of benzene rings is 1. The fourth-order valence-corrected chi connectivity index (χ4v) is 2.11. The molecule has 0 unspecified atom stereocenters. The van der Waals surface area contributed by atoms with Crippen LogP contribution in [-0.4, -0.2) is 46.8 Å². The minimum Gasteiger partial charge on any atom is -0.473 e. The Hall–Kier alpha value is -3.04. The van der Waals surface area contributed by atoms with E-state index in [1.807, 2.05) is 0 Å². The zero-order chi connectivity index (χ0) is 21.7. The summed E-state index contributed by atoms with van der Waals surface area (Å²) in [4.78, 5) is 21.5. The highest BCUT2D eigenvalue weighted by atomic mass is 19.4. The fraction of sp³-hybridized carbons (Fsp3) is 0.421. The predicted octanol–water partition coefficient (Wildman–Crippen LogP) is 4.48. The van der Waals surface area contributed by atoms with E-state index >= 15 is 0 Å². The molecule has 0 atom stereocenters. The highest BCUT2D eigenvalue weighted by Crippen LogP contribution is 2.31. The highest BCUT2D eigenvalue weighted by molar-refractivity contribution is 5.67. The summed E-state index contributed by atoms with van der Waals surface area (Å²) in [5.41, 5.74) is -0.950. The summed E-state index contributed by atoms with van der Waals surface area (Å²) in [5.74, 6) is 0.400. The lowest BCUT2D eigenvalue weighted by atomic mass is 10.2. The second-order valence-corrected chi connectivity index (χ2v) is 7.16. The summed E-state index contributed by atoms with van der Waals surface area (Å²) in [5, 5.41) is 2.87. The molecule has 0 radical (unpaired) electrons. The van der Waals surface area contributed by atoms with E-state index in [0.29, 0.717) is 5.69 Å². The number of amides is 1. The molecule has 1 amide bonds. The number of carbonyl (C=O) groups excluding carboxylic acids is 1. The van der Waals surface area contributed by atoms with Gasteiger partial charge in [0.15, 0.2) is 5.82 Å². The predicted molar refractivity (Wildman–Crippen MR) is 101 cm³/mol. The zero-order valence-corrected chi connectivity index (χ0v) is 16.6. The number of aromatic nitrogens is 2. The molecule has 0 aliphatic carbocycles. The molecule has 1 aromatic carbocycles. The summed E-state index contributed by atoms with van der Waals surface area (Å²) in [6.07, 6.45) is -2.04. The monoisotopic (exact) mass is 412 g/mol. The molecule has 29 heavy (non-hydrogen) atoms. The normalized spacial score (nSPS) is 11.7. The van der Waals surface area contributed by atoms with E-state index in [1.165, 1.54) is 29.4 Å². The Bertz CT molecular complexity index is 821. The van der Waals surface area contributed by atoms with Crippen molar-refractivity contribution in [3.63, 3.8) is 0 Å². The molecule has 0 aliphatic rings. The Morgan fingerprint density at radius 3 is 2.31 bits per heavy atom. The fourth-order valence-electron chi connectivity index (χ4n) is 2.11. The summed E-state index contributed by atoms with van der Waals surface area (Å²) >= 11 is 0. The SMILES string of the molecule is CN(CCOc1nccnc1Nc1ccc(C(F)(F)F)cc1)C(=O)OC(C)(C)C. The number of hydrogen-bond acceptors (Lipinski definition) is 6. The molecule has 0 saturated carbocycles. The molecule has 0 aliphatic heterocycles. The van der Waals surface area contributed by atoms with Crippen molar-refractivity contribution in [2.24, 2.45) is 0 Å². The lowest BCUT2D eigenvalue weighted by Gasteiger charge is -2.24. The second-order valence-electron chi connectivity index (χ2n) is 7.16. The smallest absolute Gasteiger partial charge is 0.416 e. The lowest BCUT2D eigenvalue weighted by Crippen LogP contribution is -2.36. The second kappa shape index (κ2) is 8.97. The summed E-state index contributed by atoms with van der Waals surface area (Å²) < 4.78 is 48.8. The molecule has 1 heterocycles. The molecule has 1 aromatic heterocycles. The number of hydrogen-bond donors (Lipinski definition) is 1. The number of halogens is 3. The van der Waals surface area contributed by atoms with E-state index in [-0.39, 0.29) is 24.8 Å². The summed E-state index contributed by atoms with van der Waals surface area (Å²) in [6, 6.07) is 4.51. The first kappa shape index (κ1) is 22.3. The Kier molecular flexibility index (Phi) is 6.89. The van der Waals surface area contributed by atoms with Crippen LogP contribution in [0.5, 0.6) is 5.88 Å². The maximum Gasteiger partial charge on any atom is 0.416 e. The van der Waals surface area contributed by atoms with Gasteiger partial charge in [0.1, 0.15) is 12.2 Å². The van der Waals surface area contributed by atoms with E-state index in [2.05, 4.69) is 15.3 Å². The molecule has 1 N–H and O–H groups in total. The van der Waals surface area contributed by atoms with Crippen LogP contribution < -0.4 is 10.1 Å². The Morgan fingerprint density at radius 2 is 1.72 bits per heavy atom. The van der Waals surface area contributed by atoms with Crippen LogP contribution in [-0.2, 0) is 10.9 Å². The maximum absolute atomic E-state index is 12.7. The van der Waals surface area contributed by atoms with Crippen molar-refractivity contribution in [3.8, 4) is 5.88 Å². The standard InChI is InChI=1S/C19H23F3N4O3/c1-18(2,3)29-17(27)26(4)11-12-28-16-15(23-9-10-24-16)25-14-7-5-13(6-8-14)19(20,21)22/h5-10H,11-12H2,1-4H3,(H,23,25). The van der Waals surface area contributed by atoms with Crippen LogP contribution in [0.15, 0.2) is 36.7 Å². The first-order chi connectivity index (χ1) is 13.5. The van der Waals surface area contributed by atoms with Gasteiger partial charge in [-0.25, -0.2) is 14.8 Å². The third-order valence-electron chi connectivity index (χ3n) is 3.51. The van der Waals surface area contributed by atoms with Gasteiger partial charge in [-0.15, -0.1) is 0 Å². The van der Waals surface area contributed by atoms with Gasteiger partial charge in [-0.2, -0.15) is 13.2 Å². The third-order valence-corrected chi connectivity index (χ3v) is 3.51. The number of nitrogens with zero attached hydrogens (tertiary/aromatic N) is 3. The van der Waals surface area contributed by atoms with Crippen molar-refractivity contribution in [2.45, 2.75) is 32.5 Å². The topological polar surface area (TPSA) is 76.6 Å². The first-order valence-electron chi connectivity index (χ1n) is 8.78. The summed E-state index contributed by atoms with van der Waals surface area (Å²) in [7, 11) is 1.58. The van der Waals surface area contributed by atoms with E-state index in [4.69, 9.17) is 9.47 Å². The van der Waals surface area contributed by atoms with Crippen molar-refractivity contribution < 1.29 is 27.4 Å². The Labute approximate surface area is 166 Å². The number of nitrogens with one attached hydrogen (secondary N) is 1. The van der Waals surface area contributed by atoms with E-state index < -0.39 is 23.4 Å². The molecule has 2 rings (SSSR count). The van der Waals surface area contributed by atoms with Gasteiger partial charge < -0.3 is 19.7 Å². The van der Waals surface area contributed by atoms with Crippen LogP contribution in [0, 0.1) is 0 Å². The molecule has 2 aromatic rings. The number of rotatable bonds is 6. The van der Waals surface area contributed by atoms with Crippen molar-refractivity contribution in [1.82, 2.24) is 14.9 Å². The van der Waals surface area contributed by atoms with Gasteiger partial charge in [0.25, 0.3) is 5.88 Å². The van der Waals surface area contributed by atoms with Crippen molar-refractivity contribution in [1.29, 1.82) is 0 Å². The van der Waals surface area contributed by atoms with Crippen LogP contribution in [0.2, 0.25) is 0 Å². The van der Waals surface area contributed by atoms with E-state index in [9.17, 15) is 18.0 Å². The number of ether oxygens (including phenoxy) is 2. The number of likely N-dealkylation sites (N-methyl/N-ethyl adjacent to an activating group) is 1. The van der Waals surface area contributed by atoms with E-state index in [1.54, 1.807) is 27.8 Å². The van der Waals surface area contributed by atoms with Crippen LogP contribution in [0.1, 0.15) is 26.3 Å². The van der Waals surface area contributed by atoms with Gasteiger partial charge in [0.2, 0.25) is 0 Å². The van der Waals surface area contributed by atoms with Gasteiger partial charge in [0.05, 0.1) is 12.1 Å². The largest absolute Gasteiger partial charge is 0.473 e. The third kappa shape index (κ3) is 7.13. The van der Waals surface area contributed by atoms with Crippen molar-refractivity contribution >= 4 is 17.6 Å². The zero-order valence-electron chi connectivity index (χ0n) is 16.6. The van der Waals surface area contributed by atoms with Crippen molar-refractivity contribution in [2.75, 3.05) is 25.5 Å². The quantitative estimate of drug-likeness (QED) is 0.754. The maximum atomic E-state index is 12.7. The molecule has 158 valence electrons. The highest BCUT2D eigenvalue weighted by Gasteiger charge is 2.30. The van der Waals surface area contributed by atoms with Gasteiger partial charge in [-0.3, -0.25) is 0 Å². The Balaban J connectivity index is 1.96. The molecular weight excluding hydrogens is 389 g/mol. The van der Waals surface area contributed by atoms with E-state index in [0.717, 1.165) is 12.1 Å². The summed E-state index contributed by atoms with van der Waals surface area (Å²) in [6.45, 7) is 5.68. The molecule has 0 bridgehead atoms. The average molecular weight is 412 g/mol. The number of carbonyl (C=O) groups is 1. The number of anilines is 2. The molecule has 0 saturated heterocycles. The van der Waals surface area contributed by atoms with Gasteiger partial charge in [-0.1, -0.05) is 0 Å². The van der Waals surface area contributed by atoms with Crippen LogP contribution in [0.4, 0.5) is 29.5 Å². The Morgan fingerprint density at radius 1 is 1.10 bits per heavy atom. The van der Waals surface area contributed by atoms with Gasteiger partial charge in [0, 0.05) is 25.1 Å². The number of alkyl halides is 3. The molecule has 0 spiro atoms. The van der Waals surface area contributed by atoms with Crippen molar-refractivity contribution in [3.05, 3.63) is 42.2 Å². The van der Waals surface area contributed by atoms with Crippen LogP contribution in [0.25, 0.3) is 0 Å².